The molecule has 6 nitrogen and oxygen atoms in total. The number of hydrogen-bond donors (Lipinski definition) is 2. The number of carbonyl (C=O) groups is 2. The second kappa shape index (κ2) is 8.74. The molecule has 0 aromatic heterocycles. The summed E-state index contributed by atoms with van der Waals surface area (Å²) in [5.41, 5.74) is 0.448. The van der Waals surface area contributed by atoms with Gasteiger partial charge >= 0.3 is 5.97 Å². The third-order valence-electron chi connectivity index (χ3n) is 4.50. The molecule has 1 aromatic carbocycles. The first kappa shape index (κ1) is 19.1. The summed E-state index contributed by atoms with van der Waals surface area (Å²) in [4.78, 5) is 23.7. The van der Waals surface area contributed by atoms with Gasteiger partial charge < -0.3 is 19.9 Å². The summed E-state index contributed by atoms with van der Waals surface area (Å²) in [6.07, 6.45) is 2.64. The van der Waals surface area contributed by atoms with Crippen LogP contribution in [0.5, 0.6) is 11.5 Å². The number of rotatable bonds is 8. The fourth-order valence-electron chi connectivity index (χ4n) is 2.94. The van der Waals surface area contributed by atoms with Crippen LogP contribution in [0.25, 0.3) is 0 Å². The Morgan fingerprint density at radius 2 is 2.08 bits per heavy atom. The van der Waals surface area contributed by atoms with Crippen LogP contribution in [0.4, 0.5) is 0 Å². The van der Waals surface area contributed by atoms with E-state index >= 15 is 0 Å². The van der Waals surface area contributed by atoms with Crippen LogP contribution in [-0.4, -0.2) is 36.7 Å². The average molecular weight is 349 g/mol. The van der Waals surface area contributed by atoms with Crippen molar-refractivity contribution in [2.45, 2.75) is 45.6 Å². The number of carboxylic acid groups (broad SMARTS) is 1. The number of amides is 1. The molecule has 0 heterocycles. The number of carbonyl (C=O) groups excluding carboxylic acids is 1. The monoisotopic (exact) mass is 349 g/mol. The van der Waals surface area contributed by atoms with Gasteiger partial charge in [0.2, 0.25) is 0 Å². The molecule has 0 radical (unpaired) electrons. The molecule has 2 rings (SSSR count). The van der Waals surface area contributed by atoms with Crippen LogP contribution in [0.3, 0.4) is 0 Å². The van der Waals surface area contributed by atoms with Gasteiger partial charge in [-0.25, -0.2) is 0 Å². The summed E-state index contributed by atoms with van der Waals surface area (Å²) in [6, 6.07) is 5.00. The normalized spacial score (nSPS) is 19.7. The van der Waals surface area contributed by atoms with Crippen LogP contribution in [0.2, 0.25) is 0 Å². The number of ether oxygens (including phenoxy) is 2. The van der Waals surface area contributed by atoms with Crippen molar-refractivity contribution in [3.63, 3.8) is 0 Å². The van der Waals surface area contributed by atoms with Crippen LogP contribution in [0, 0.1) is 11.8 Å². The summed E-state index contributed by atoms with van der Waals surface area (Å²) in [5.74, 6) is 0.225. The fourth-order valence-corrected chi connectivity index (χ4v) is 2.94. The molecular formula is C19H27NO5. The first-order chi connectivity index (χ1) is 11.9. The van der Waals surface area contributed by atoms with E-state index in [-0.39, 0.29) is 17.9 Å². The molecule has 1 saturated carbocycles. The Morgan fingerprint density at radius 1 is 1.32 bits per heavy atom. The Labute approximate surface area is 148 Å². The molecule has 2 N–H and O–H groups in total. The molecule has 25 heavy (non-hydrogen) atoms. The van der Waals surface area contributed by atoms with Crippen molar-refractivity contribution in [2.24, 2.45) is 11.8 Å². The Bertz CT molecular complexity index is 614. The van der Waals surface area contributed by atoms with Crippen molar-refractivity contribution < 1.29 is 24.2 Å². The summed E-state index contributed by atoms with van der Waals surface area (Å²) in [7, 11) is 1.57. The average Bonchev–Trinajstić information content (AvgIpc) is 3.03. The molecule has 2 atom stereocenters. The van der Waals surface area contributed by atoms with Gasteiger partial charge in [-0.15, -0.1) is 0 Å². The molecule has 6 heteroatoms. The van der Waals surface area contributed by atoms with E-state index in [1.807, 2.05) is 0 Å². The molecule has 0 aliphatic heterocycles. The van der Waals surface area contributed by atoms with Gasteiger partial charge in [-0.05, 0) is 43.7 Å². The molecule has 0 saturated heterocycles. The van der Waals surface area contributed by atoms with E-state index in [1.54, 1.807) is 25.3 Å². The summed E-state index contributed by atoms with van der Waals surface area (Å²) < 4.78 is 11.0. The Balaban J connectivity index is 2.05. The predicted molar refractivity (Wildman–Crippen MR) is 94.2 cm³/mol. The van der Waals surface area contributed by atoms with Gasteiger partial charge in [0.1, 0.15) is 11.5 Å². The van der Waals surface area contributed by atoms with E-state index in [2.05, 4.69) is 19.2 Å². The molecule has 1 aliphatic rings. The summed E-state index contributed by atoms with van der Waals surface area (Å²) in [6.45, 7) is 4.75. The maximum absolute atomic E-state index is 12.6. The SMILES string of the molecule is COc1ccc(C(=O)N[C@H]2CC[C@@H](C(=O)O)C2)c(OCCC(C)C)c1. The maximum Gasteiger partial charge on any atom is 0.306 e. The van der Waals surface area contributed by atoms with E-state index in [1.165, 1.54) is 0 Å². The van der Waals surface area contributed by atoms with Gasteiger partial charge in [0, 0.05) is 12.1 Å². The van der Waals surface area contributed by atoms with Crippen molar-refractivity contribution in [2.75, 3.05) is 13.7 Å². The zero-order chi connectivity index (χ0) is 18.4. The number of benzene rings is 1. The zero-order valence-electron chi connectivity index (χ0n) is 15.1. The van der Waals surface area contributed by atoms with Crippen molar-refractivity contribution in [1.82, 2.24) is 5.32 Å². The Hall–Kier alpha value is -2.24. The zero-order valence-corrected chi connectivity index (χ0v) is 15.1. The van der Waals surface area contributed by atoms with Gasteiger partial charge in [-0.3, -0.25) is 9.59 Å². The highest BCUT2D eigenvalue weighted by atomic mass is 16.5. The molecule has 0 unspecified atom stereocenters. The molecule has 0 spiro atoms. The molecule has 138 valence electrons. The number of aliphatic carboxylic acids is 1. The van der Waals surface area contributed by atoms with E-state index in [9.17, 15) is 9.59 Å². The number of methoxy groups -OCH3 is 1. The lowest BCUT2D eigenvalue weighted by atomic mass is 10.1. The predicted octanol–water partition coefficient (Wildman–Crippen LogP) is 3.10. The summed E-state index contributed by atoms with van der Waals surface area (Å²) in [5, 5.41) is 12.0. The highest BCUT2D eigenvalue weighted by molar-refractivity contribution is 5.97. The Morgan fingerprint density at radius 3 is 2.68 bits per heavy atom. The van der Waals surface area contributed by atoms with Crippen molar-refractivity contribution >= 4 is 11.9 Å². The van der Waals surface area contributed by atoms with E-state index in [0.717, 1.165) is 6.42 Å². The molecule has 1 aliphatic carbocycles. The first-order valence-corrected chi connectivity index (χ1v) is 8.75. The Kier molecular flexibility index (Phi) is 6.67. The number of carboxylic acids is 1. The van der Waals surface area contributed by atoms with Crippen molar-refractivity contribution in [3.8, 4) is 11.5 Å². The van der Waals surface area contributed by atoms with Crippen LogP contribution in [-0.2, 0) is 4.79 Å². The third-order valence-corrected chi connectivity index (χ3v) is 4.50. The second-order valence-electron chi connectivity index (χ2n) is 6.91. The molecule has 1 amide bonds. The van der Waals surface area contributed by atoms with Gasteiger partial charge in [-0.2, -0.15) is 0 Å². The number of nitrogens with one attached hydrogen (secondary N) is 1. The van der Waals surface area contributed by atoms with Crippen molar-refractivity contribution in [3.05, 3.63) is 23.8 Å². The topological polar surface area (TPSA) is 84.9 Å². The van der Waals surface area contributed by atoms with Crippen LogP contribution < -0.4 is 14.8 Å². The van der Waals surface area contributed by atoms with Gasteiger partial charge in [0.15, 0.2) is 0 Å². The molecule has 1 aromatic rings. The quantitative estimate of drug-likeness (QED) is 0.753. The highest BCUT2D eigenvalue weighted by Gasteiger charge is 2.31. The molecular weight excluding hydrogens is 322 g/mol. The smallest absolute Gasteiger partial charge is 0.306 e. The molecule has 0 bridgehead atoms. The fraction of sp³-hybridized carbons (Fsp3) is 0.579. The van der Waals surface area contributed by atoms with Gasteiger partial charge in [0.25, 0.3) is 5.91 Å². The van der Waals surface area contributed by atoms with E-state index in [0.29, 0.717) is 48.8 Å². The first-order valence-electron chi connectivity index (χ1n) is 8.75. The molecule has 1 fully saturated rings. The van der Waals surface area contributed by atoms with Crippen LogP contribution in [0.15, 0.2) is 18.2 Å². The summed E-state index contributed by atoms with van der Waals surface area (Å²) >= 11 is 0. The van der Waals surface area contributed by atoms with Crippen molar-refractivity contribution in [1.29, 1.82) is 0 Å². The lowest BCUT2D eigenvalue weighted by molar-refractivity contribution is -0.141. The lowest BCUT2D eigenvalue weighted by Crippen LogP contribution is -2.33. The lowest BCUT2D eigenvalue weighted by Gasteiger charge is -2.16. The standard InChI is InChI=1S/C19H27NO5/c1-12(2)8-9-25-17-11-15(24-3)6-7-16(17)18(21)20-14-5-4-13(10-14)19(22)23/h6-7,11-14H,4-5,8-10H2,1-3H3,(H,20,21)(H,22,23)/t13-,14+/m1/s1. The van der Waals surface area contributed by atoms with Crippen LogP contribution >= 0.6 is 0 Å². The van der Waals surface area contributed by atoms with E-state index < -0.39 is 5.97 Å². The minimum Gasteiger partial charge on any atom is -0.497 e. The minimum atomic E-state index is -0.793. The second-order valence-corrected chi connectivity index (χ2v) is 6.91. The largest absolute Gasteiger partial charge is 0.497 e. The third kappa shape index (κ3) is 5.37. The van der Waals surface area contributed by atoms with Gasteiger partial charge in [-0.1, -0.05) is 13.8 Å². The highest BCUT2D eigenvalue weighted by Crippen LogP contribution is 2.28. The number of hydrogen-bond acceptors (Lipinski definition) is 4. The van der Waals surface area contributed by atoms with Gasteiger partial charge in [0.05, 0.1) is 25.2 Å². The van der Waals surface area contributed by atoms with Crippen LogP contribution in [0.1, 0.15) is 49.9 Å². The van der Waals surface area contributed by atoms with E-state index in [4.69, 9.17) is 14.6 Å². The maximum atomic E-state index is 12.6. The minimum absolute atomic E-state index is 0.112.